The SMILES string of the molecule is COC1C(C(=O)Nc2ccc(CS(C)(=O)=O)c(Oc3ccccc3)c2)OC(OC2C(O)C(CO)OC(OC3C(C(=O)O)OC(OC4C(O)C(CO)OC(C)C4NC(C)=O)C(O)C3O)C2NC(C)=O)C(O)C1O. The zero-order valence-corrected chi connectivity index (χ0v) is 40.2. The van der Waals surface area contributed by atoms with Gasteiger partial charge in [0.15, 0.2) is 40.9 Å². The molecule has 4 aliphatic rings. The van der Waals surface area contributed by atoms with Crippen LogP contribution in [-0.4, -0.2) is 227 Å². The van der Waals surface area contributed by atoms with Gasteiger partial charge < -0.3 is 105 Å². The van der Waals surface area contributed by atoms with Gasteiger partial charge in [0.1, 0.15) is 90.8 Å². The number of methoxy groups -OCH3 is 1. The van der Waals surface area contributed by atoms with Crippen molar-refractivity contribution >= 4 is 39.2 Å². The van der Waals surface area contributed by atoms with E-state index in [1.165, 1.54) is 25.1 Å². The zero-order valence-electron chi connectivity index (χ0n) is 39.3. The lowest BCUT2D eigenvalue weighted by molar-refractivity contribution is -0.366. The highest BCUT2D eigenvalue weighted by Crippen LogP contribution is 2.36. The van der Waals surface area contributed by atoms with Crippen LogP contribution in [0.1, 0.15) is 26.3 Å². The second-order valence-electron chi connectivity index (χ2n) is 17.7. The average Bonchev–Trinajstić information content (AvgIpc) is 3.31. The van der Waals surface area contributed by atoms with Crippen LogP contribution in [0.5, 0.6) is 11.5 Å². The number of aliphatic carboxylic acids is 1. The molecule has 0 aromatic heterocycles. The molecule has 2 aromatic rings. The average molecular weight is 1050 g/mol. The van der Waals surface area contributed by atoms with Crippen LogP contribution in [0.4, 0.5) is 5.69 Å². The van der Waals surface area contributed by atoms with Crippen LogP contribution in [0.3, 0.4) is 0 Å². The van der Waals surface area contributed by atoms with Gasteiger partial charge in [0, 0.05) is 44.5 Å². The van der Waals surface area contributed by atoms with E-state index in [2.05, 4.69) is 16.0 Å². The van der Waals surface area contributed by atoms with Gasteiger partial charge in [-0.15, -0.1) is 0 Å². The normalized spacial score (nSPS) is 37.2. The summed E-state index contributed by atoms with van der Waals surface area (Å²) in [5.74, 6) is -4.30. The van der Waals surface area contributed by atoms with Gasteiger partial charge in [-0.2, -0.15) is 0 Å². The van der Waals surface area contributed by atoms with Crippen LogP contribution < -0.4 is 20.7 Å². The first kappa shape index (κ1) is 56.7. The van der Waals surface area contributed by atoms with Gasteiger partial charge in [-0.1, -0.05) is 24.3 Å². The zero-order chi connectivity index (χ0) is 52.9. The van der Waals surface area contributed by atoms with Crippen molar-refractivity contribution in [3.05, 3.63) is 54.1 Å². The Morgan fingerprint density at radius 2 is 1.18 bits per heavy atom. The number of aliphatic hydroxyl groups excluding tert-OH is 8. The van der Waals surface area contributed by atoms with Gasteiger partial charge in [0.25, 0.3) is 5.91 Å². The van der Waals surface area contributed by atoms with Crippen molar-refractivity contribution in [2.75, 3.05) is 31.9 Å². The topological polar surface area (TPSA) is 404 Å². The van der Waals surface area contributed by atoms with Gasteiger partial charge in [-0.3, -0.25) is 14.4 Å². The minimum absolute atomic E-state index is 0.0490. The van der Waals surface area contributed by atoms with Crippen LogP contribution in [0.2, 0.25) is 0 Å². The van der Waals surface area contributed by atoms with Gasteiger partial charge >= 0.3 is 5.97 Å². The fourth-order valence-electron chi connectivity index (χ4n) is 8.76. The molecule has 72 heavy (non-hydrogen) atoms. The van der Waals surface area contributed by atoms with E-state index in [-0.39, 0.29) is 17.0 Å². The summed E-state index contributed by atoms with van der Waals surface area (Å²) in [6.45, 7) is 1.91. The third kappa shape index (κ3) is 13.2. The summed E-state index contributed by atoms with van der Waals surface area (Å²) in [6, 6.07) is 9.49. The lowest BCUT2D eigenvalue weighted by Gasteiger charge is -2.50. The maximum absolute atomic E-state index is 14.0. The van der Waals surface area contributed by atoms with Gasteiger partial charge in [0.2, 0.25) is 11.8 Å². The maximum Gasteiger partial charge on any atom is 0.335 e. The summed E-state index contributed by atoms with van der Waals surface area (Å²) in [5, 5.41) is 106. The number of sulfone groups is 1. The van der Waals surface area contributed by atoms with Crippen molar-refractivity contribution < 1.29 is 116 Å². The summed E-state index contributed by atoms with van der Waals surface area (Å²) < 4.78 is 76.4. The molecule has 0 aliphatic carbocycles. The molecule has 27 nitrogen and oxygen atoms in total. The molecule has 0 bridgehead atoms. The Morgan fingerprint density at radius 3 is 1.72 bits per heavy atom. The summed E-state index contributed by atoms with van der Waals surface area (Å²) in [4.78, 5) is 51.6. The molecule has 4 heterocycles. The van der Waals surface area contributed by atoms with E-state index in [9.17, 15) is 73.6 Å². The minimum atomic E-state index is -3.56. The predicted molar refractivity (Wildman–Crippen MR) is 239 cm³/mol. The molecule has 0 spiro atoms. The van der Waals surface area contributed by atoms with Crippen molar-refractivity contribution in [1.82, 2.24) is 10.6 Å². The number of nitrogens with one attached hydrogen (secondary N) is 3. The first-order valence-corrected chi connectivity index (χ1v) is 24.5. The van der Waals surface area contributed by atoms with E-state index in [0.717, 1.165) is 27.2 Å². The van der Waals surface area contributed by atoms with Crippen LogP contribution >= 0.6 is 0 Å². The molecule has 20 atom stereocenters. The fourth-order valence-corrected chi connectivity index (χ4v) is 9.57. The minimum Gasteiger partial charge on any atom is -0.479 e. The van der Waals surface area contributed by atoms with Gasteiger partial charge in [-0.25, -0.2) is 13.2 Å². The standard InChI is InChI=1S/C44H61N3O24S/c1-17-26(45-18(2)50)34(28(52)24(14-48)64-17)67-44-33(57)31(55)37(39(71-44)41(59)60)69-42-27(46-19(3)51)35(29(53)25(15-49)66-42)68-43-32(56)30(54)36(63-4)38(70-43)40(58)47-21-12-11-20(16-72(5,61)62)23(13-21)65-22-9-7-6-8-10-22/h6-13,17,24-39,42-44,48-49,52-57H,14-16H2,1-5H3,(H,45,50)(H,46,51)(H,47,58)(H,59,60). The van der Waals surface area contributed by atoms with E-state index in [4.69, 9.17) is 42.6 Å². The Morgan fingerprint density at radius 1 is 0.653 bits per heavy atom. The lowest BCUT2D eigenvalue weighted by atomic mass is 9.92. The number of carboxylic acid groups (broad SMARTS) is 1. The largest absolute Gasteiger partial charge is 0.479 e. The van der Waals surface area contributed by atoms with Crippen molar-refractivity contribution in [2.24, 2.45) is 0 Å². The number of aliphatic hydroxyl groups is 8. The second-order valence-corrected chi connectivity index (χ2v) is 19.8. The Balaban J connectivity index is 1.24. The van der Waals surface area contributed by atoms with E-state index in [1.807, 2.05) is 0 Å². The monoisotopic (exact) mass is 1050 g/mol. The molecule has 6 rings (SSSR count). The number of rotatable bonds is 18. The number of amides is 3. The number of para-hydroxylation sites is 1. The number of anilines is 1. The Kier molecular flexibility index (Phi) is 19.1. The van der Waals surface area contributed by atoms with Gasteiger partial charge in [-0.05, 0) is 25.1 Å². The van der Waals surface area contributed by atoms with Crippen LogP contribution in [0.15, 0.2) is 48.5 Å². The van der Waals surface area contributed by atoms with Crippen LogP contribution in [0.25, 0.3) is 0 Å². The van der Waals surface area contributed by atoms with E-state index in [0.29, 0.717) is 5.75 Å². The molecular formula is C44H61N3O24S. The molecule has 4 aliphatic heterocycles. The summed E-state index contributed by atoms with van der Waals surface area (Å²) >= 11 is 0. The van der Waals surface area contributed by atoms with Gasteiger partial charge in [0.05, 0.1) is 31.1 Å². The molecule has 12 N–H and O–H groups in total. The first-order chi connectivity index (χ1) is 34.0. The van der Waals surface area contributed by atoms with Crippen LogP contribution in [0, 0.1) is 0 Å². The number of carbonyl (C=O) groups excluding carboxylic acids is 3. The van der Waals surface area contributed by atoms with E-state index < -0.39 is 175 Å². The molecule has 4 fully saturated rings. The van der Waals surface area contributed by atoms with E-state index in [1.54, 1.807) is 30.3 Å². The third-order valence-corrected chi connectivity index (χ3v) is 13.0. The molecule has 3 amide bonds. The Bertz CT molecular complexity index is 2300. The summed E-state index contributed by atoms with van der Waals surface area (Å²) in [5.41, 5.74) is 0.296. The predicted octanol–water partition coefficient (Wildman–Crippen LogP) is -4.66. The Labute approximate surface area is 411 Å². The number of carboxylic acids is 1. The maximum atomic E-state index is 14.0. The fraction of sp³-hybridized carbons (Fsp3) is 0.636. The molecule has 20 unspecified atom stereocenters. The van der Waals surface area contributed by atoms with Crippen molar-refractivity contribution in [1.29, 1.82) is 0 Å². The highest BCUT2D eigenvalue weighted by atomic mass is 32.2. The summed E-state index contributed by atoms with van der Waals surface area (Å²) in [7, 11) is -2.46. The second kappa shape index (κ2) is 24.2. The number of ether oxygens (including phenoxy) is 9. The highest BCUT2D eigenvalue weighted by molar-refractivity contribution is 7.89. The van der Waals surface area contributed by atoms with E-state index >= 15 is 0 Å². The molecule has 4 saturated heterocycles. The van der Waals surface area contributed by atoms with Crippen LogP contribution in [-0.2, 0) is 72.7 Å². The first-order valence-electron chi connectivity index (χ1n) is 22.5. The molecule has 0 radical (unpaired) electrons. The molecule has 2 aromatic carbocycles. The summed E-state index contributed by atoms with van der Waals surface area (Å²) in [6.07, 6.45) is -32.5. The highest BCUT2D eigenvalue weighted by Gasteiger charge is 2.57. The number of hydrogen-bond acceptors (Lipinski definition) is 23. The molecule has 28 heteroatoms. The lowest BCUT2D eigenvalue weighted by Crippen LogP contribution is -2.70. The van der Waals surface area contributed by atoms with Crippen molar-refractivity contribution in [3.63, 3.8) is 0 Å². The Hall–Kier alpha value is -4.57. The number of benzene rings is 2. The molecule has 402 valence electrons. The van der Waals surface area contributed by atoms with Crippen molar-refractivity contribution in [2.45, 2.75) is 149 Å². The van der Waals surface area contributed by atoms with Crippen molar-refractivity contribution in [3.8, 4) is 11.5 Å². The molecule has 0 saturated carbocycles. The molecular weight excluding hydrogens is 987 g/mol. The number of hydrogen-bond donors (Lipinski definition) is 12. The quantitative estimate of drug-likeness (QED) is 0.0668. The number of carbonyl (C=O) groups is 4. The smallest absolute Gasteiger partial charge is 0.335 e. The third-order valence-electron chi connectivity index (χ3n) is 12.2.